The number of amides is 1. The van der Waals surface area contributed by atoms with E-state index >= 15 is 0 Å². The van der Waals surface area contributed by atoms with Crippen LogP contribution in [0.2, 0.25) is 0 Å². The summed E-state index contributed by atoms with van der Waals surface area (Å²) in [6, 6.07) is 13.7. The minimum Gasteiger partial charge on any atom is -0.484 e. The molecule has 5 nitrogen and oxygen atoms in total. The van der Waals surface area contributed by atoms with E-state index in [2.05, 4.69) is 29.2 Å². The third-order valence-electron chi connectivity index (χ3n) is 7.58. The Morgan fingerprint density at radius 1 is 1.03 bits per heavy atom. The summed E-state index contributed by atoms with van der Waals surface area (Å²) < 4.78 is 11.6. The predicted molar refractivity (Wildman–Crippen MR) is 113 cm³/mol. The lowest BCUT2D eigenvalue weighted by atomic mass is 9.48. The number of aromatic nitrogens is 1. The molecule has 0 atom stereocenters. The molecular weight excluding hydrogens is 376 g/mol. The van der Waals surface area contributed by atoms with E-state index < -0.39 is 5.91 Å². The molecule has 4 saturated carbocycles. The zero-order valence-electron chi connectivity index (χ0n) is 17.0. The van der Waals surface area contributed by atoms with Crippen LogP contribution in [0.3, 0.4) is 0 Å². The van der Waals surface area contributed by atoms with Gasteiger partial charge in [-0.25, -0.2) is 4.98 Å². The van der Waals surface area contributed by atoms with Crippen molar-refractivity contribution in [1.29, 1.82) is 0 Å². The molecule has 0 aliphatic heterocycles. The molecule has 7 rings (SSSR count). The normalized spacial score (nSPS) is 29.4. The van der Waals surface area contributed by atoms with Gasteiger partial charge in [-0.2, -0.15) is 0 Å². The second-order valence-corrected chi connectivity index (χ2v) is 9.67. The lowest BCUT2D eigenvalue weighted by Gasteiger charge is -2.57. The van der Waals surface area contributed by atoms with Crippen LogP contribution in [-0.2, 0) is 12.0 Å². The molecule has 4 fully saturated rings. The first-order valence-corrected chi connectivity index (χ1v) is 11.0. The summed E-state index contributed by atoms with van der Waals surface area (Å²) in [5.41, 5.74) is 8.89. The number of carbonyl (C=O) groups is 1. The highest BCUT2D eigenvalue weighted by atomic mass is 16.5. The molecule has 4 aliphatic rings. The van der Waals surface area contributed by atoms with Crippen molar-refractivity contribution in [3.8, 4) is 5.75 Å². The van der Waals surface area contributed by atoms with Crippen LogP contribution < -0.4 is 10.5 Å². The van der Waals surface area contributed by atoms with Crippen LogP contribution in [0.25, 0.3) is 11.1 Å². The highest BCUT2D eigenvalue weighted by Gasteiger charge is 2.51. The monoisotopic (exact) mass is 402 g/mol. The number of rotatable bonds is 5. The Kier molecular flexibility index (Phi) is 3.95. The van der Waals surface area contributed by atoms with Gasteiger partial charge in [0, 0.05) is 5.56 Å². The van der Waals surface area contributed by atoms with Crippen molar-refractivity contribution in [3.05, 3.63) is 59.5 Å². The van der Waals surface area contributed by atoms with Gasteiger partial charge >= 0.3 is 0 Å². The fourth-order valence-electron chi connectivity index (χ4n) is 6.70. The summed E-state index contributed by atoms with van der Waals surface area (Å²) in [7, 11) is 0. The van der Waals surface area contributed by atoms with Gasteiger partial charge in [0.2, 0.25) is 11.8 Å². The zero-order chi connectivity index (χ0) is 20.3. The maximum Gasteiger partial charge on any atom is 0.248 e. The van der Waals surface area contributed by atoms with Gasteiger partial charge in [-0.1, -0.05) is 12.1 Å². The molecular formula is C25H26N2O3. The van der Waals surface area contributed by atoms with Crippen molar-refractivity contribution in [3.63, 3.8) is 0 Å². The standard InChI is InChI=1S/C25H26N2O3/c26-24(28)18-1-6-22-21(10-18)27-23(30-22)14-29-20-4-2-19(3-5-20)25-11-15-7-16(12-25)9-17(8-15)13-25/h1-6,10,15-17H,7-9,11-14H2,(H2,26,28). The number of nitrogens with zero attached hydrogens (tertiary/aromatic N) is 1. The average molecular weight is 402 g/mol. The first kappa shape index (κ1) is 18.0. The van der Waals surface area contributed by atoms with Crippen LogP contribution in [0.5, 0.6) is 5.75 Å². The van der Waals surface area contributed by atoms with Crippen molar-refractivity contribution in [2.24, 2.45) is 23.5 Å². The minimum absolute atomic E-state index is 0.247. The summed E-state index contributed by atoms with van der Waals surface area (Å²) in [6.07, 6.45) is 8.50. The van der Waals surface area contributed by atoms with E-state index in [1.54, 1.807) is 18.2 Å². The fraction of sp³-hybridized carbons (Fsp3) is 0.440. The van der Waals surface area contributed by atoms with E-state index in [0.29, 0.717) is 28.0 Å². The molecule has 30 heavy (non-hydrogen) atoms. The summed E-state index contributed by atoms with van der Waals surface area (Å²) >= 11 is 0. The Hall–Kier alpha value is -2.82. The van der Waals surface area contributed by atoms with Gasteiger partial charge in [-0.15, -0.1) is 0 Å². The van der Waals surface area contributed by atoms with Crippen LogP contribution in [0, 0.1) is 17.8 Å². The van der Waals surface area contributed by atoms with Gasteiger partial charge in [0.1, 0.15) is 11.3 Å². The maximum atomic E-state index is 11.3. The number of fused-ring (bicyclic) bond motifs is 1. The first-order chi connectivity index (χ1) is 14.6. The van der Waals surface area contributed by atoms with Crippen LogP contribution >= 0.6 is 0 Å². The lowest BCUT2D eigenvalue weighted by molar-refractivity contribution is -0.00521. The Labute approximate surface area is 175 Å². The maximum absolute atomic E-state index is 11.3. The van der Waals surface area contributed by atoms with Crippen LogP contribution in [-0.4, -0.2) is 10.9 Å². The largest absolute Gasteiger partial charge is 0.484 e. The van der Waals surface area contributed by atoms with Crippen molar-refractivity contribution in [2.75, 3.05) is 0 Å². The van der Waals surface area contributed by atoms with Gasteiger partial charge in [0.15, 0.2) is 12.2 Å². The quantitative estimate of drug-likeness (QED) is 0.653. The van der Waals surface area contributed by atoms with Gasteiger partial charge in [-0.05, 0) is 97.6 Å². The van der Waals surface area contributed by atoms with Gasteiger partial charge < -0.3 is 14.9 Å². The zero-order valence-corrected chi connectivity index (χ0v) is 17.0. The third kappa shape index (κ3) is 2.99. The molecule has 3 aromatic rings. The van der Waals surface area contributed by atoms with E-state index in [1.165, 1.54) is 44.1 Å². The number of hydrogen-bond donors (Lipinski definition) is 1. The van der Waals surface area contributed by atoms with Crippen molar-refractivity contribution in [1.82, 2.24) is 4.98 Å². The molecule has 0 unspecified atom stereocenters. The highest BCUT2D eigenvalue weighted by molar-refractivity contribution is 5.95. The lowest BCUT2D eigenvalue weighted by Crippen LogP contribution is -2.48. The Morgan fingerprint density at radius 2 is 1.70 bits per heavy atom. The molecule has 0 radical (unpaired) electrons. The SMILES string of the molecule is NC(=O)c1ccc2oc(COc3ccc(C45CC6CC(CC(C6)C4)C5)cc3)nc2c1. The second-order valence-electron chi connectivity index (χ2n) is 9.67. The van der Waals surface area contributed by atoms with E-state index in [-0.39, 0.29) is 6.61 Å². The van der Waals surface area contributed by atoms with Crippen LogP contribution in [0.1, 0.15) is 60.3 Å². The number of benzene rings is 2. The van der Waals surface area contributed by atoms with E-state index in [4.69, 9.17) is 14.9 Å². The van der Waals surface area contributed by atoms with E-state index in [0.717, 1.165) is 23.5 Å². The molecule has 4 aliphatic carbocycles. The molecule has 2 N–H and O–H groups in total. The molecule has 154 valence electrons. The van der Waals surface area contributed by atoms with Crippen LogP contribution in [0.4, 0.5) is 0 Å². The summed E-state index contributed by atoms with van der Waals surface area (Å²) in [5, 5.41) is 0. The molecule has 1 heterocycles. The molecule has 5 heteroatoms. The Morgan fingerprint density at radius 3 is 2.33 bits per heavy atom. The highest BCUT2D eigenvalue weighted by Crippen LogP contribution is 2.60. The smallest absolute Gasteiger partial charge is 0.248 e. The number of oxazole rings is 1. The Balaban J connectivity index is 1.16. The van der Waals surface area contributed by atoms with Gasteiger partial charge in [0.05, 0.1) is 0 Å². The molecule has 2 aromatic carbocycles. The summed E-state index contributed by atoms with van der Waals surface area (Å²) in [6.45, 7) is 0.247. The molecule has 0 spiro atoms. The Bertz CT molecular complexity index is 1080. The number of hydrogen-bond acceptors (Lipinski definition) is 4. The van der Waals surface area contributed by atoms with Crippen molar-refractivity contribution in [2.45, 2.75) is 50.5 Å². The van der Waals surface area contributed by atoms with Gasteiger partial charge in [-0.3, -0.25) is 4.79 Å². The van der Waals surface area contributed by atoms with Gasteiger partial charge in [0.25, 0.3) is 0 Å². The topological polar surface area (TPSA) is 78.4 Å². The van der Waals surface area contributed by atoms with E-state index in [9.17, 15) is 4.79 Å². The van der Waals surface area contributed by atoms with E-state index in [1.807, 2.05) is 0 Å². The van der Waals surface area contributed by atoms with Crippen molar-refractivity contribution >= 4 is 17.0 Å². The van der Waals surface area contributed by atoms with Crippen LogP contribution in [0.15, 0.2) is 46.9 Å². The number of carbonyl (C=O) groups excluding carboxylic acids is 1. The number of nitrogens with two attached hydrogens (primary N) is 1. The predicted octanol–water partition coefficient (Wildman–Crippen LogP) is 4.97. The summed E-state index contributed by atoms with van der Waals surface area (Å²) in [4.78, 5) is 15.7. The van der Waals surface area contributed by atoms with Crippen molar-refractivity contribution < 1.29 is 13.9 Å². The third-order valence-corrected chi connectivity index (χ3v) is 7.58. The average Bonchev–Trinajstić information content (AvgIpc) is 3.14. The molecule has 1 amide bonds. The second kappa shape index (κ2) is 6.59. The minimum atomic E-state index is -0.475. The summed E-state index contributed by atoms with van der Waals surface area (Å²) in [5.74, 6) is 3.67. The molecule has 1 aromatic heterocycles. The number of primary amides is 1. The first-order valence-electron chi connectivity index (χ1n) is 11.0. The fourth-order valence-corrected chi connectivity index (χ4v) is 6.70. The number of ether oxygens (including phenoxy) is 1. The molecule has 0 saturated heterocycles. The molecule has 4 bridgehead atoms.